The Bertz CT molecular complexity index is 264. The van der Waals surface area contributed by atoms with Gasteiger partial charge < -0.3 is 0 Å². The fraction of sp³-hybridized carbons (Fsp3) is 0.167. The molecule has 0 unspecified atom stereocenters. The van der Waals surface area contributed by atoms with E-state index in [1.165, 1.54) is 6.08 Å². The molecule has 1 aromatic rings. The van der Waals surface area contributed by atoms with Crippen LogP contribution in [0.2, 0.25) is 0 Å². The van der Waals surface area contributed by atoms with Gasteiger partial charge in [-0.3, -0.25) is 0 Å². The van der Waals surface area contributed by atoms with Crippen molar-refractivity contribution >= 4 is 33.3 Å². The van der Waals surface area contributed by atoms with Gasteiger partial charge in [-0.25, -0.2) is 9.79 Å². The molecule has 1 aromatic heterocycles. The third kappa shape index (κ3) is 1.77. The lowest BCUT2D eigenvalue weighted by atomic mass is 10.3. The number of carbonyl (C=O) groups excluding carboxylic acids is 1. The van der Waals surface area contributed by atoms with Crippen LogP contribution in [0.1, 0.15) is 5.56 Å². The molecule has 0 N–H and O–H groups in total. The summed E-state index contributed by atoms with van der Waals surface area (Å²) in [6.07, 6.45) is 1.49. The Labute approximate surface area is 70.7 Å². The summed E-state index contributed by atoms with van der Waals surface area (Å²) >= 11 is 4.91. The molecule has 4 heteroatoms. The van der Waals surface area contributed by atoms with E-state index >= 15 is 0 Å². The fourth-order valence-electron chi connectivity index (χ4n) is 0.549. The number of aliphatic imine (C=N–C) groups is 1. The van der Waals surface area contributed by atoms with E-state index in [0.29, 0.717) is 6.54 Å². The zero-order chi connectivity index (χ0) is 7.40. The van der Waals surface area contributed by atoms with E-state index in [1.807, 2.05) is 11.4 Å². The lowest BCUT2D eigenvalue weighted by Gasteiger charge is -1.86. The van der Waals surface area contributed by atoms with E-state index in [9.17, 15) is 4.79 Å². The van der Waals surface area contributed by atoms with Crippen LogP contribution in [0.15, 0.2) is 20.2 Å². The average molecular weight is 218 g/mol. The number of halogens is 1. The molecule has 0 aromatic carbocycles. The van der Waals surface area contributed by atoms with Crippen molar-refractivity contribution in [3.63, 3.8) is 0 Å². The number of nitrogens with zero attached hydrogens (tertiary/aromatic N) is 1. The summed E-state index contributed by atoms with van der Waals surface area (Å²) in [5.41, 5.74) is 1.04. The van der Waals surface area contributed by atoms with Gasteiger partial charge in [0.2, 0.25) is 6.08 Å². The summed E-state index contributed by atoms with van der Waals surface area (Å²) in [6, 6.07) is 1.93. The Morgan fingerprint density at radius 1 is 1.80 bits per heavy atom. The summed E-state index contributed by atoms with van der Waals surface area (Å²) in [7, 11) is 0. The third-order valence-electron chi connectivity index (χ3n) is 1.01. The highest BCUT2D eigenvalue weighted by atomic mass is 79.9. The van der Waals surface area contributed by atoms with Crippen molar-refractivity contribution in [3.8, 4) is 0 Å². The standard InChI is InChI=1S/C6H4BrNOS/c7-6-5(1-2-10-6)3-8-4-9/h1-2H,3H2. The predicted octanol–water partition coefficient (Wildman–Crippen LogP) is 2.35. The first-order valence-corrected chi connectivity index (χ1v) is 4.27. The highest BCUT2D eigenvalue weighted by Gasteiger charge is 1.97. The quantitative estimate of drug-likeness (QED) is 0.553. The van der Waals surface area contributed by atoms with Gasteiger partial charge in [0.25, 0.3) is 0 Å². The van der Waals surface area contributed by atoms with Crippen molar-refractivity contribution in [3.05, 3.63) is 20.8 Å². The van der Waals surface area contributed by atoms with Gasteiger partial charge in [-0.15, -0.1) is 11.3 Å². The monoisotopic (exact) mass is 217 g/mol. The molecule has 0 amide bonds. The first kappa shape index (κ1) is 7.66. The minimum Gasteiger partial charge on any atom is -0.211 e. The van der Waals surface area contributed by atoms with Crippen LogP contribution >= 0.6 is 27.3 Å². The SMILES string of the molecule is O=C=NCc1ccsc1Br. The molecule has 0 aliphatic heterocycles. The van der Waals surface area contributed by atoms with Gasteiger partial charge in [-0.1, -0.05) is 0 Å². The molecule has 0 aliphatic carbocycles. The summed E-state index contributed by atoms with van der Waals surface area (Å²) < 4.78 is 1.03. The summed E-state index contributed by atoms with van der Waals surface area (Å²) in [5.74, 6) is 0. The van der Waals surface area contributed by atoms with Crippen LogP contribution < -0.4 is 0 Å². The normalized spacial score (nSPS) is 8.90. The van der Waals surface area contributed by atoms with E-state index in [0.717, 1.165) is 9.35 Å². The van der Waals surface area contributed by atoms with Crippen LogP contribution in [-0.2, 0) is 11.3 Å². The van der Waals surface area contributed by atoms with Gasteiger partial charge in [-0.05, 0) is 32.9 Å². The highest BCUT2D eigenvalue weighted by molar-refractivity contribution is 9.11. The molecule has 1 heterocycles. The topological polar surface area (TPSA) is 29.4 Å². The van der Waals surface area contributed by atoms with Gasteiger partial charge in [0.1, 0.15) is 0 Å². The molecule has 0 radical (unpaired) electrons. The minimum absolute atomic E-state index is 0.424. The zero-order valence-corrected chi connectivity index (χ0v) is 7.41. The molecule has 0 bridgehead atoms. The van der Waals surface area contributed by atoms with Gasteiger partial charge in [0, 0.05) is 0 Å². The molecule has 52 valence electrons. The molecule has 1 rings (SSSR count). The Morgan fingerprint density at radius 3 is 3.10 bits per heavy atom. The largest absolute Gasteiger partial charge is 0.235 e. The van der Waals surface area contributed by atoms with Crippen molar-refractivity contribution in [1.29, 1.82) is 0 Å². The van der Waals surface area contributed by atoms with Crippen molar-refractivity contribution in [2.75, 3.05) is 0 Å². The Kier molecular flexibility index (Phi) is 2.81. The summed E-state index contributed by atoms with van der Waals surface area (Å²) in [5, 5.41) is 1.94. The molecule has 0 spiro atoms. The van der Waals surface area contributed by atoms with Crippen LogP contribution in [-0.4, -0.2) is 6.08 Å². The predicted molar refractivity (Wildman–Crippen MR) is 43.8 cm³/mol. The maximum Gasteiger partial charge on any atom is 0.235 e. The van der Waals surface area contributed by atoms with Gasteiger partial charge in [0.15, 0.2) is 0 Å². The van der Waals surface area contributed by atoms with E-state index in [2.05, 4.69) is 20.9 Å². The molecule has 0 aliphatic rings. The first-order valence-electron chi connectivity index (χ1n) is 2.60. The second-order valence-electron chi connectivity index (χ2n) is 1.63. The summed E-state index contributed by atoms with van der Waals surface area (Å²) in [4.78, 5) is 13.2. The van der Waals surface area contributed by atoms with Crippen molar-refractivity contribution in [2.45, 2.75) is 6.54 Å². The Morgan fingerprint density at radius 2 is 2.60 bits per heavy atom. The van der Waals surface area contributed by atoms with Crippen molar-refractivity contribution in [1.82, 2.24) is 0 Å². The zero-order valence-electron chi connectivity index (χ0n) is 5.00. The minimum atomic E-state index is 0.424. The number of thiophene rings is 1. The van der Waals surface area contributed by atoms with Crippen molar-refractivity contribution < 1.29 is 4.79 Å². The van der Waals surface area contributed by atoms with Crippen LogP contribution in [0.3, 0.4) is 0 Å². The highest BCUT2D eigenvalue weighted by Crippen LogP contribution is 2.23. The van der Waals surface area contributed by atoms with E-state index in [1.54, 1.807) is 11.3 Å². The number of hydrogen-bond donors (Lipinski definition) is 0. The maximum atomic E-state index is 9.71. The number of isocyanates is 1. The maximum absolute atomic E-state index is 9.71. The fourth-order valence-corrected chi connectivity index (χ4v) is 1.77. The lowest BCUT2D eigenvalue weighted by Crippen LogP contribution is -1.74. The molecule has 0 saturated carbocycles. The van der Waals surface area contributed by atoms with Crippen LogP contribution in [0.25, 0.3) is 0 Å². The molecule has 10 heavy (non-hydrogen) atoms. The van der Waals surface area contributed by atoms with Crippen molar-refractivity contribution in [2.24, 2.45) is 4.99 Å². The second kappa shape index (κ2) is 3.66. The van der Waals surface area contributed by atoms with Gasteiger partial charge in [-0.2, -0.15) is 0 Å². The summed E-state index contributed by atoms with van der Waals surface area (Å²) in [6.45, 7) is 0.424. The Balaban J connectivity index is 2.74. The van der Waals surface area contributed by atoms with Crippen LogP contribution in [0, 0.1) is 0 Å². The third-order valence-corrected chi connectivity index (χ3v) is 2.82. The Hall–Kier alpha value is -0.440. The molecular weight excluding hydrogens is 214 g/mol. The van der Waals surface area contributed by atoms with E-state index < -0.39 is 0 Å². The van der Waals surface area contributed by atoms with Crippen LogP contribution in [0.5, 0.6) is 0 Å². The molecular formula is C6H4BrNOS. The number of rotatable bonds is 2. The van der Waals surface area contributed by atoms with Crippen LogP contribution in [0.4, 0.5) is 0 Å². The average Bonchev–Trinajstić information content (AvgIpc) is 2.31. The molecule has 0 fully saturated rings. The molecule has 0 saturated heterocycles. The lowest BCUT2D eigenvalue weighted by molar-refractivity contribution is 0.563. The molecule has 0 atom stereocenters. The smallest absolute Gasteiger partial charge is 0.211 e. The number of hydrogen-bond acceptors (Lipinski definition) is 3. The first-order chi connectivity index (χ1) is 4.84. The van der Waals surface area contributed by atoms with E-state index in [4.69, 9.17) is 0 Å². The van der Waals surface area contributed by atoms with Gasteiger partial charge >= 0.3 is 0 Å². The van der Waals surface area contributed by atoms with E-state index in [-0.39, 0.29) is 0 Å². The van der Waals surface area contributed by atoms with Gasteiger partial charge in [0.05, 0.1) is 10.3 Å². The second-order valence-corrected chi connectivity index (χ2v) is 3.86. The molecule has 2 nitrogen and oxygen atoms in total.